The Morgan fingerprint density at radius 1 is 1.00 bits per heavy atom. The van der Waals surface area contributed by atoms with E-state index in [9.17, 15) is 13.2 Å². The second-order valence-corrected chi connectivity index (χ2v) is 6.57. The summed E-state index contributed by atoms with van der Waals surface area (Å²) < 4.78 is 25.1. The molecule has 6 heteroatoms. The minimum Gasteiger partial charge on any atom is -0.318 e. The molecule has 0 saturated carbocycles. The minimum absolute atomic E-state index is 0.0568. The number of fused-ring (bicyclic) bond motifs is 1. The molecule has 0 fully saturated rings. The molecule has 1 aromatic heterocycles. The smallest absolute Gasteiger partial charge is 0.286 e. The highest BCUT2D eigenvalue weighted by atomic mass is 32.2. The number of benzene rings is 2. The Morgan fingerprint density at radius 3 is 2.38 bits per heavy atom. The van der Waals surface area contributed by atoms with Crippen molar-refractivity contribution in [3.05, 3.63) is 64.4 Å². The van der Waals surface area contributed by atoms with Crippen molar-refractivity contribution in [3.8, 4) is 0 Å². The maximum Gasteiger partial charge on any atom is 0.286 e. The molecule has 1 heterocycles. The lowest BCUT2D eigenvalue weighted by molar-refractivity contribution is 0.591. The zero-order valence-corrected chi connectivity index (χ0v) is 12.0. The topological polar surface area (TPSA) is 79.9 Å². The number of nitrogens with one attached hydrogen (secondary N) is 1. The molecule has 0 unspecified atom stereocenters. The molecule has 0 radical (unpaired) electrons. The summed E-state index contributed by atoms with van der Waals surface area (Å²) in [5.41, 5.74) is 1.16. The molecule has 3 rings (SSSR count). The van der Waals surface area contributed by atoms with Crippen LogP contribution >= 0.6 is 0 Å². The van der Waals surface area contributed by atoms with E-state index in [1.165, 1.54) is 12.1 Å². The van der Waals surface area contributed by atoms with Crippen molar-refractivity contribution in [3.63, 3.8) is 0 Å². The van der Waals surface area contributed by atoms with E-state index in [-0.39, 0.29) is 4.90 Å². The Bertz CT molecular complexity index is 974. The molecule has 0 aliphatic rings. The van der Waals surface area contributed by atoms with Gasteiger partial charge >= 0.3 is 0 Å². The summed E-state index contributed by atoms with van der Waals surface area (Å²) in [7, 11) is -3.93. The van der Waals surface area contributed by atoms with Gasteiger partial charge in [0.1, 0.15) is 0 Å². The van der Waals surface area contributed by atoms with E-state index in [0.717, 1.165) is 5.56 Å². The van der Waals surface area contributed by atoms with E-state index >= 15 is 0 Å². The largest absolute Gasteiger partial charge is 0.318 e. The normalized spacial score (nSPS) is 11.7. The molecule has 21 heavy (non-hydrogen) atoms. The number of hydrogen-bond acceptors (Lipinski definition) is 4. The van der Waals surface area contributed by atoms with Gasteiger partial charge in [-0.15, -0.1) is 0 Å². The fraction of sp³-hybridized carbons (Fsp3) is 0.0667. The van der Waals surface area contributed by atoms with Crippen LogP contribution in [0.3, 0.4) is 0 Å². The molecule has 2 aromatic carbocycles. The van der Waals surface area contributed by atoms with Gasteiger partial charge in [0.25, 0.3) is 5.56 Å². The van der Waals surface area contributed by atoms with Crippen molar-refractivity contribution >= 4 is 20.9 Å². The van der Waals surface area contributed by atoms with Gasteiger partial charge in [0.2, 0.25) is 14.9 Å². The van der Waals surface area contributed by atoms with Crippen LogP contribution in [0.5, 0.6) is 0 Å². The van der Waals surface area contributed by atoms with Crippen LogP contribution in [0.4, 0.5) is 0 Å². The first-order chi connectivity index (χ1) is 9.98. The molecule has 1 N–H and O–H groups in total. The van der Waals surface area contributed by atoms with Crippen molar-refractivity contribution in [1.29, 1.82) is 0 Å². The van der Waals surface area contributed by atoms with Crippen molar-refractivity contribution < 1.29 is 8.42 Å². The van der Waals surface area contributed by atoms with Gasteiger partial charge in [-0.05, 0) is 31.2 Å². The van der Waals surface area contributed by atoms with Crippen LogP contribution in [0.15, 0.2) is 63.2 Å². The summed E-state index contributed by atoms with van der Waals surface area (Å²) in [5, 5.41) is -0.481. The summed E-state index contributed by atoms with van der Waals surface area (Å²) in [4.78, 5) is 18.6. The van der Waals surface area contributed by atoms with Crippen LogP contribution in [0, 0.1) is 6.92 Å². The second kappa shape index (κ2) is 4.82. The second-order valence-electron chi connectivity index (χ2n) is 4.70. The molecule has 0 saturated heterocycles. The molecule has 106 valence electrons. The van der Waals surface area contributed by atoms with Crippen molar-refractivity contribution in [2.24, 2.45) is 0 Å². The Labute approximate surface area is 121 Å². The molecule has 0 aliphatic carbocycles. The Morgan fingerprint density at radius 2 is 1.67 bits per heavy atom. The third-order valence-electron chi connectivity index (χ3n) is 3.15. The van der Waals surface area contributed by atoms with Gasteiger partial charge in [0, 0.05) is 0 Å². The quantitative estimate of drug-likeness (QED) is 0.785. The van der Waals surface area contributed by atoms with E-state index in [1.54, 1.807) is 36.4 Å². The maximum atomic E-state index is 12.5. The van der Waals surface area contributed by atoms with E-state index < -0.39 is 20.4 Å². The fourth-order valence-corrected chi connectivity index (χ4v) is 3.26. The average Bonchev–Trinajstić information content (AvgIpc) is 2.47. The first kappa shape index (κ1) is 13.5. The molecule has 0 bridgehead atoms. The molecule has 3 aromatic rings. The number of aromatic nitrogens is 2. The predicted molar refractivity (Wildman–Crippen MR) is 79.0 cm³/mol. The minimum atomic E-state index is -3.93. The lowest BCUT2D eigenvalue weighted by Crippen LogP contribution is -2.20. The van der Waals surface area contributed by atoms with E-state index in [4.69, 9.17) is 0 Å². The molecule has 0 atom stereocenters. The Hall–Kier alpha value is -2.47. The zero-order valence-electron chi connectivity index (χ0n) is 11.2. The lowest BCUT2D eigenvalue weighted by Gasteiger charge is -2.05. The maximum absolute atomic E-state index is 12.5. The molecular weight excluding hydrogens is 288 g/mol. The summed E-state index contributed by atoms with van der Waals surface area (Å²) in [5.74, 6) is 0. The average molecular weight is 300 g/mol. The van der Waals surface area contributed by atoms with Crippen molar-refractivity contribution in [1.82, 2.24) is 9.97 Å². The summed E-state index contributed by atoms with van der Waals surface area (Å²) in [6.45, 7) is 1.86. The summed E-state index contributed by atoms with van der Waals surface area (Å²) >= 11 is 0. The van der Waals surface area contributed by atoms with Crippen LogP contribution < -0.4 is 5.56 Å². The van der Waals surface area contributed by atoms with Gasteiger partial charge in [0.05, 0.1) is 15.9 Å². The van der Waals surface area contributed by atoms with Crippen molar-refractivity contribution in [2.75, 3.05) is 0 Å². The van der Waals surface area contributed by atoms with Crippen LogP contribution in [0.2, 0.25) is 0 Å². The predicted octanol–water partition coefficient (Wildman–Crippen LogP) is 2.06. The first-order valence-electron chi connectivity index (χ1n) is 6.29. The van der Waals surface area contributed by atoms with Gasteiger partial charge < -0.3 is 4.98 Å². The van der Waals surface area contributed by atoms with Crippen LogP contribution in [0.25, 0.3) is 11.0 Å². The van der Waals surface area contributed by atoms with Crippen LogP contribution in [-0.2, 0) is 9.84 Å². The first-order valence-corrected chi connectivity index (χ1v) is 7.77. The highest BCUT2D eigenvalue weighted by Gasteiger charge is 2.23. The van der Waals surface area contributed by atoms with Gasteiger partial charge in [-0.3, -0.25) is 4.79 Å². The highest BCUT2D eigenvalue weighted by Crippen LogP contribution is 2.18. The monoisotopic (exact) mass is 300 g/mol. The highest BCUT2D eigenvalue weighted by molar-refractivity contribution is 7.91. The van der Waals surface area contributed by atoms with Gasteiger partial charge in [0.15, 0.2) is 0 Å². The fourth-order valence-electron chi connectivity index (χ4n) is 2.02. The number of sulfone groups is 1. The zero-order chi connectivity index (χ0) is 15.0. The standard InChI is InChI=1S/C15H12N2O3S/c1-10-6-8-11(9-7-10)21(19,20)15-14(18)16-12-4-2-3-5-13(12)17-15/h2-9H,1H3,(H,16,18). The third-order valence-corrected chi connectivity index (χ3v) is 4.83. The molecule has 0 aliphatic heterocycles. The molecule has 5 nitrogen and oxygen atoms in total. The molecule has 0 amide bonds. The van der Waals surface area contributed by atoms with Gasteiger partial charge in [-0.2, -0.15) is 0 Å². The Kier molecular flexibility index (Phi) is 3.10. The SMILES string of the molecule is Cc1ccc(S(=O)(=O)c2nc3ccccc3[nH]c2=O)cc1. The summed E-state index contributed by atoms with van der Waals surface area (Å²) in [6, 6.07) is 13.1. The third kappa shape index (κ3) is 2.34. The summed E-state index contributed by atoms with van der Waals surface area (Å²) in [6.07, 6.45) is 0. The number of aryl methyl sites for hydroxylation is 1. The number of rotatable bonds is 2. The molecule has 0 spiro atoms. The van der Waals surface area contributed by atoms with E-state index in [0.29, 0.717) is 11.0 Å². The van der Waals surface area contributed by atoms with E-state index in [1.807, 2.05) is 6.92 Å². The van der Waals surface area contributed by atoms with Gasteiger partial charge in [-0.1, -0.05) is 29.8 Å². The lowest BCUT2D eigenvalue weighted by atomic mass is 10.2. The van der Waals surface area contributed by atoms with Gasteiger partial charge in [-0.25, -0.2) is 13.4 Å². The Balaban J connectivity index is 2.26. The van der Waals surface area contributed by atoms with Crippen LogP contribution in [-0.4, -0.2) is 18.4 Å². The van der Waals surface area contributed by atoms with E-state index in [2.05, 4.69) is 9.97 Å². The van der Waals surface area contributed by atoms with Crippen molar-refractivity contribution in [2.45, 2.75) is 16.8 Å². The number of aromatic amines is 1. The number of para-hydroxylation sites is 2. The molecular formula is C15H12N2O3S. The number of hydrogen-bond donors (Lipinski definition) is 1. The van der Waals surface area contributed by atoms with Crippen LogP contribution in [0.1, 0.15) is 5.56 Å². The number of nitrogens with zero attached hydrogens (tertiary/aromatic N) is 1. The number of H-pyrrole nitrogens is 1.